The summed E-state index contributed by atoms with van der Waals surface area (Å²) in [5, 5.41) is 2.90. The predicted molar refractivity (Wildman–Crippen MR) is 94.8 cm³/mol. The molecule has 1 saturated heterocycles. The van der Waals surface area contributed by atoms with E-state index in [2.05, 4.69) is 20.3 Å². The average Bonchev–Trinajstić information content (AvgIpc) is 2.89. The van der Waals surface area contributed by atoms with E-state index in [1.807, 2.05) is 12.2 Å². The molecule has 2 aliphatic rings. The molecule has 0 radical (unpaired) electrons. The maximum Gasteiger partial charge on any atom is 0.233 e. The van der Waals surface area contributed by atoms with E-state index < -0.39 is 0 Å². The van der Waals surface area contributed by atoms with Crippen molar-refractivity contribution in [1.29, 1.82) is 0 Å². The van der Waals surface area contributed by atoms with Gasteiger partial charge in [0.2, 0.25) is 23.7 Å². The summed E-state index contributed by atoms with van der Waals surface area (Å²) >= 11 is 0. The van der Waals surface area contributed by atoms with Crippen LogP contribution in [-0.2, 0) is 16.1 Å². The summed E-state index contributed by atoms with van der Waals surface area (Å²) < 4.78 is 13.0. The number of aromatic nitrogens is 3. The van der Waals surface area contributed by atoms with Gasteiger partial charge in [-0.05, 0) is 37.1 Å². The van der Waals surface area contributed by atoms with Crippen molar-refractivity contribution in [2.75, 3.05) is 11.1 Å². The van der Waals surface area contributed by atoms with Crippen LogP contribution in [0.1, 0.15) is 18.7 Å². The number of fused-ring (bicyclic) bond motifs is 1. The second-order valence-corrected chi connectivity index (χ2v) is 6.48. The van der Waals surface area contributed by atoms with Crippen LogP contribution in [0.25, 0.3) is 0 Å². The van der Waals surface area contributed by atoms with Crippen molar-refractivity contribution >= 4 is 29.4 Å². The SMILES string of the molecule is Nc1nc(CN2C(=O)C3CC=CCC3C2=O)nc(Nc2ccc(F)cc2)n1. The molecule has 2 amide bonds. The first-order valence-electron chi connectivity index (χ1n) is 8.54. The largest absolute Gasteiger partial charge is 0.368 e. The van der Waals surface area contributed by atoms with Crippen LogP contribution in [0.15, 0.2) is 36.4 Å². The number of carbonyl (C=O) groups excluding carboxylic acids is 2. The smallest absolute Gasteiger partial charge is 0.233 e. The normalized spacial score (nSPS) is 21.4. The van der Waals surface area contributed by atoms with Crippen molar-refractivity contribution in [1.82, 2.24) is 19.9 Å². The Balaban J connectivity index is 1.54. The van der Waals surface area contributed by atoms with Gasteiger partial charge in [-0.3, -0.25) is 14.5 Å². The maximum absolute atomic E-state index is 13.0. The van der Waals surface area contributed by atoms with E-state index in [9.17, 15) is 14.0 Å². The summed E-state index contributed by atoms with van der Waals surface area (Å²) in [6.45, 7) is -0.0600. The second-order valence-electron chi connectivity index (χ2n) is 6.48. The molecule has 2 heterocycles. The van der Waals surface area contributed by atoms with E-state index in [0.717, 1.165) is 0 Å². The third-order valence-corrected chi connectivity index (χ3v) is 4.70. The van der Waals surface area contributed by atoms with E-state index >= 15 is 0 Å². The summed E-state index contributed by atoms with van der Waals surface area (Å²) in [5.74, 6) is -1.07. The van der Waals surface area contributed by atoms with Crippen molar-refractivity contribution in [2.45, 2.75) is 19.4 Å². The minimum atomic E-state index is -0.363. The Morgan fingerprint density at radius 1 is 1.04 bits per heavy atom. The minimum Gasteiger partial charge on any atom is -0.368 e. The van der Waals surface area contributed by atoms with Gasteiger partial charge in [-0.1, -0.05) is 12.2 Å². The third-order valence-electron chi connectivity index (χ3n) is 4.70. The van der Waals surface area contributed by atoms with Crippen LogP contribution < -0.4 is 11.1 Å². The lowest BCUT2D eigenvalue weighted by Gasteiger charge is -2.14. The standard InChI is InChI=1S/C18H17FN6O2/c19-10-5-7-11(8-6-10)21-18-23-14(22-17(20)24-18)9-25-15(26)12-3-1-2-4-13(12)16(25)27/h1-2,5-8,12-13H,3-4,9H2,(H3,20,21,22,23,24). The highest BCUT2D eigenvalue weighted by Crippen LogP contribution is 2.35. The van der Waals surface area contributed by atoms with E-state index in [4.69, 9.17) is 5.73 Å². The Kier molecular flexibility index (Phi) is 4.27. The fourth-order valence-corrected chi connectivity index (χ4v) is 3.39. The second kappa shape index (κ2) is 6.75. The summed E-state index contributed by atoms with van der Waals surface area (Å²) in [6, 6.07) is 5.65. The number of nitrogens with two attached hydrogens (primary N) is 1. The number of halogens is 1. The molecule has 8 nitrogen and oxygen atoms in total. The Bertz CT molecular complexity index is 904. The van der Waals surface area contributed by atoms with E-state index in [0.29, 0.717) is 18.5 Å². The lowest BCUT2D eigenvalue weighted by molar-refractivity contribution is -0.140. The fourth-order valence-electron chi connectivity index (χ4n) is 3.39. The highest BCUT2D eigenvalue weighted by Gasteiger charge is 2.47. The van der Waals surface area contributed by atoms with Crippen LogP contribution >= 0.6 is 0 Å². The number of benzene rings is 1. The predicted octanol–water partition coefficient (Wildman–Crippen LogP) is 1.79. The third kappa shape index (κ3) is 3.35. The Labute approximate surface area is 154 Å². The molecule has 1 aromatic carbocycles. The molecule has 2 atom stereocenters. The number of allylic oxidation sites excluding steroid dienone is 2. The number of nitrogens with zero attached hydrogens (tertiary/aromatic N) is 4. The number of likely N-dealkylation sites (tertiary alicyclic amines) is 1. The number of imide groups is 1. The zero-order valence-corrected chi connectivity index (χ0v) is 14.3. The van der Waals surface area contributed by atoms with Crippen LogP contribution in [-0.4, -0.2) is 31.7 Å². The van der Waals surface area contributed by atoms with Crippen molar-refractivity contribution in [3.8, 4) is 0 Å². The summed E-state index contributed by atoms with van der Waals surface area (Å²) in [4.78, 5) is 38.6. The first-order chi connectivity index (χ1) is 13.0. The topological polar surface area (TPSA) is 114 Å². The first kappa shape index (κ1) is 17.1. The fraction of sp³-hybridized carbons (Fsp3) is 0.278. The molecule has 1 aromatic heterocycles. The Hall–Kier alpha value is -3.36. The molecular weight excluding hydrogens is 351 g/mol. The number of carbonyl (C=O) groups is 2. The molecule has 138 valence electrons. The Morgan fingerprint density at radius 3 is 2.30 bits per heavy atom. The molecule has 9 heteroatoms. The van der Waals surface area contributed by atoms with Crippen LogP contribution in [0.5, 0.6) is 0 Å². The lowest BCUT2D eigenvalue weighted by Crippen LogP contribution is -2.31. The molecule has 1 aliphatic heterocycles. The van der Waals surface area contributed by atoms with E-state index in [-0.39, 0.29) is 53.7 Å². The quantitative estimate of drug-likeness (QED) is 0.624. The van der Waals surface area contributed by atoms with E-state index in [1.54, 1.807) is 0 Å². The van der Waals surface area contributed by atoms with Gasteiger partial charge in [0.05, 0.1) is 18.4 Å². The summed E-state index contributed by atoms with van der Waals surface area (Å²) in [5.41, 5.74) is 6.31. The molecule has 3 N–H and O–H groups in total. The van der Waals surface area contributed by atoms with Gasteiger partial charge in [0.15, 0.2) is 5.82 Å². The first-order valence-corrected chi connectivity index (χ1v) is 8.54. The molecule has 2 unspecified atom stereocenters. The van der Waals surface area contributed by atoms with Crippen molar-refractivity contribution < 1.29 is 14.0 Å². The lowest BCUT2D eigenvalue weighted by atomic mass is 9.85. The molecule has 4 rings (SSSR count). The van der Waals surface area contributed by atoms with Crippen LogP contribution in [0, 0.1) is 17.7 Å². The highest BCUT2D eigenvalue weighted by molar-refractivity contribution is 6.05. The van der Waals surface area contributed by atoms with Crippen LogP contribution in [0.3, 0.4) is 0 Å². The van der Waals surface area contributed by atoms with Crippen molar-refractivity contribution in [2.24, 2.45) is 11.8 Å². The molecule has 0 spiro atoms. The monoisotopic (exact) mass is 368 g/mol. The maximum atomic E-state index is 13.0. The number of hydrogen-bond acceptors (Lipinski definition) is 7. The molecule has 2 aromatic rings. The van der Waals surface area contributed by atoms with Gasteiger partial charge in [0.1, 0.15) is 5.82 Å². The van der Waals surface area contributed by atoms with Crippen LogP contribution in [0.4, 0.5) is 22.0 Å². The van der Waals surface area contributed by atoms with Gasteiger partial charge in [-0.2, -0.15) is 15.0 Å². The van der Waals surface area contributed by atoms with Crippen LogP contribution in [0.2, 0.25) is 0 Å². The molecule has 1 fully saturated rings. The number of nitrogen functional groups attached to an aromatic ring is 1. The molecule has 0 saturated carbocycles. The zero-order chi connectivity index (χ0) is 19.0. The van der Waals surface area contributed by atoms with Gasteiger partial charge in [-0.25, -0.2) is 4.39 Å². The number of anilines is 3. The summed E-state index contributed by atoms with van der Waals surface area (Å²) in [7, 11) is 0. The average molecular weight is 368 g/mol. The Morgan fingerprint density at radius 2 is 1.67 bits per heavy atom. The number of nitrogens with one attached hydrogen (secondary N) is 1. The molecule has 27 heavy (non-hydrogen) atoms. The highest BCUT2D eigenvalue weighted by atomic mass is 19.1. The number of amides is 2. The van der Waals surface area contributed by atoms with Gasteiger partial charge >= 0.3 is 0 Å². The van der Waals surface area contributed by atoms with Gasteiger partial charge < -0.3 is 11.1 Å². The van der Waals surface area contributed by atoms with Gasteiger partial charge in [0, 0.05) is 5.69 Å². The molecular formula is C18H17FN6O2. The molecule has 1 aliphatic carbocycles. The van der Waals surface area contributed by atoms with Crippen molar-refractivity contribution in [3.63, 3.8) is 0 Å². The number of rotatable bonds is 4. The molecule has 0 bridgehead atoms. The minimum absolute atomic E-state index is 0.0391. The summed E-state index contributed by atoms with van der Waals surface area (Å²) in [6.07, 6.45) is 5.01. The number of hydrogen-bond donors (Lipinski definition) is 2. The van der Waals surface area contributed by atoms with Gasteiger partial charge in [-0.15, -0.1) is 0 Å². The van der Waals surface area contributed by atoms with Gasteiger partial charge in [0.25, 0.3) is 0 Å². The van der Waals surface area contributed by atoms with E-state index in [1.165, 1.54) is 29.2 Å². The van der Waals surface area contributed by atoms with Crippen molar-refractivity contribution in [3.05, 3.63) is 48.1 Å². The zero-order valence-electron chi connectivity index (χ0n) is 14.3.